The van der Waals surface area contributed by atoms with Crippen molar-refractivity contribution in [1.29, 1.82) is 0 Å². The molecule has 0 atom stereocenters. The number of carboxylic acid groups (broad SMARTS) is 3. The van der Waals surface area contributed by atoms with Gasteiger partial charge in [-0.05, 0) is 19.4 Å². The van der Waals surface area contributed by atoms with E-state index in [2.05, 4.69) is 5.32 Å². The number of nitrogens with one attached hydrogen (secondary N) is 1. The summed E-state index contributed by atoms with van der Waals surface area (Å²) in [6, 6.07) is 0. The van der Waals surface area contributed by atoms with Crippen molar-refractivity contribution in [2.45, 2.75) is 39.5 Å². The number of carboxylic acids is 3. The Morgan fingerprint density at radius 1 is 0.905 bits per heavy atom. The van der Waals surface area contributed by atoms with Crippen LogP contribution in [0.25, 0.3) is 0 Å². The summed E-state index contributed by atoms with van der Waals surface area (Å²) < 4.78 is 0. The minimum absolute atomic E-state index is 0.209. The van der Waals surface area contributed by atoms with Crippen molar-refractivity contribution in [2.24, 2.45) is 5.73 Å². The van der Waals surface area contributed by atoms with Crippen molar-refractivity contribution in [2.75, 3.05) is 13.1 Å². The van der Waals surface area contributed by atoms with E-state index in [0.29, 0.717) is 13.0 Å². The van der Waals surface area contributed by atoms with E-state index in [1.54, 1.807) is 0 Å². The van der Waals surface area contributed by atoms with Gasteiger partial charge in [0.1, 0.15) is 6.54 Å². The lowest BCUT2D eigenvalue weighted by Gasteiger charge is -2.01. The molecule has 0 saturated heterocycles. The molecule has 0 saturated carbocycles. The molecule has 0 aromatic heterocycles. The average molecular weight is 308 g/mol. The summed E-state index contributed by atoms with van der Waals surface area (Å²) in [5.41, 5.74) is 5.27. The van der Waals surface area contributed by atoms with Gasteiger partial charge in [-0.15, -0.1) is 0 Å². The number of aliphatic carboxylic acids is 3. The highest BCUT2D eigenvalue weighted by molar-refractivity contribution is 5.80. The molecule has 0 radical (unpaired) electrons. The van der Waals surface area contributed by atoms with Crippen molar-refractivity contribution >= 4 is 23.8 Å². The van der Waals surface area contributed by atoms with Gasteiger partial charge in [-0.1, -0.05) is 6.42 Å². The summed E-state index contributed by atoms with van der Waals surface area (Å²) in [6.07, 6.45) is 2.97. The maximum Gasteiger partial charge on any atom is 0.322 e. The highest BCUT2D eigenvalue weighted by Crippen LogP contribution is 1.97. The van der Waals surface area contributed by atoms with Crippen LogP contribution in [0.15, 0.2) is 0 Å². The number of amides is 1. The minimum Gasteiger partial charge on any atom is -0.481 e. The molecule has 6 N–H and O–H groups in total. The number of carbonyl (C=O) groups is 4. The Morgan fingerprint density at radius 3 is 1.67 bits per heavy atom. The third-order valence-corrected chi connectivity index (χ3v) is 1.54. The van der Waals surface area contributed by atoms with Crippen LogP contribution in [0.4, 0.5) is 0 Å². The van der Waals surface area contributed by atoms with Crippen LogP contribution in [-0.4, -0.2) is 52.2 Å². The van der Waals surface area contributed by atoms with Crippen LogP contribution in [0, 0.1) is 0 Å². The average Bonchev–Trinajstić information content (AvgIpc) is 2.30. The molecule has 9 nitrogen and oxygen atoms in total. The van der Waals surface area contributed by atoms with Gasteiger partial charge in [-0.25, -0.2) is 0 Å². The van der Waals surface area contributed by atoms with Gasteiger partial charge in [0.05, 0.1) is 0 Å². The number of unbranched alkanes of at least 4 members (excludes halogenated alkanes) is 2. The van der Waals surface area contributed by atoms with Crippen LogP contribution < -0.4 is 11.1 Å². The van der Waals surface area contributed by atoms with E-state index >= 15 is 0 Å². The molecular formula is C12H24N2O7. The first-order valence-corrected chi connectivity index (χ1v) is 6.21. The SMILES string of the molecule is CC(=O)O.CC(=O)O.NCCCCCC(=O)NCC(=O)O. The maximum atomic E-state index is 10.9. The lowest BCUT2D eigenvalue weighted by atomic mass is 10.2. The van der Waals surface area contributed by atoms with E-state index in [9.17, 15) is 9.59 Å². The summed E-state index contributed by atoms with van der Waals surface area (Å²) in [7, 11) is 0. The Balaban J connectivity index is -0.000000334. The first-order chi connectivity index (χ1) is 9.63. The zero-order chi connectivity index (χ0) is 17.3. The molecule has 0 rings (SSSR count). The first-order valence-electron chi connectivity index (χ1n) is 6.21. The number of hydrogen-bond acceptors (Lipinski definition) is 5. The third kappa shape index (κ3) is 57.3. The second-order valence-electron chi connectivity index (χ2n) is 3.81. The van der Waals surface area contributed by atoms with Gasteiger partial charge < -0.3 is 26.4 Å². The molecule has 9 heteroatoms. The second kappa shape index (κ2) is 17.8. The summed E-state index contributed by atoms with van der Waals surface area (Å²) in [4.78, 5) is 39.0. The molecule has 0 aromatic carbocycles. The zero-order valence-electron chi connectivity index (χ0n) is 12.3. The predicted molar refractivity (Wildman–Crippen MR) is 74.8 cm³/mol. The standard InChI is InChI=1S/C8H16N2O3.2C2H4O2/c9-5-3-1-2-4-7(11)10-6-8(12)13;2*1-2(3)4/h1-6,9H2,(H,10,11)(H,12,13);2*1H3,(H,3,4). The predicted octanol–water partition coefficient (Wildman–Crippen LogP) is -0.112. The van der Waals surface area contributed by atoms with E-state index in [4.69, 9.17) is 30.6 Å². The molecule has 0 unspecified atom stereocenters. The van der Waals surface area contributed by atoms with Gasteiger partial charge in [0.2, 0.25) is 5.91 Å². The lowest BCUT2D eigenvalue weighted by Crippen LogP contribution is -2.28. The van der Waals surface area contributed by atoms with E-state index < -0.39 is 17.9 Å². The topological polar surface area (TPSA) is 167 Å². The highest BCUT2D eigenvalue weighted by atomic mass is 16.4. The monoisotopic (exact) mass is 308 g/mol. The summed E-state index contributed by atoms with van der Waals surface area (Å²) >= 11 is 0. The molecule has 124 valence electrons. The van der Waals surface area contributed by atoms with Gasteiger partial charge >= 0.3 is 5.97 Å². The second-order valence-corrected chi connectivity index (χ2v) is 3.81. The Bertz CT molecular complexity index is 299. The van der Waals surface area contributed by atoms with Crippen molar-refractivity contribution in [3.63, 3.8) is 0 Å². The fraction of sp³-hybridized carbons (Fsp3) is 0.667. The van der Waals surface area contributed by atoms with Gasteiger partial charge in [0.15, 0.2) is 0 Å². The fourth-order valence-corrected chi connectivity index (χ4v) is 0.869. The number of carbonyl (C=O) groups excluding carboxylic acids is 1. The van der Waals surface area contributed by atoms with E-state index in [-0.39, 0.29) is 12.5 Å². The van der Waals surface area contributed by atoms with Crippen molar-refractivity contribution in [3.05, 3.63) is 0 Å². The summed E-state index contributed by atoms with van der Waals surface area (Å²) in [5.74, 6) is -2.89. The molecule has 0 spiro atoms. The molecule has 0 bridgehead atoms. The third-order valence-electron chi connectivity index (χ3n) is 1.54. The van der Waals surface area contributed by atoms with Gasteiger partial charge in [-0.3, -0.25) is 19.2 Å². The normalized spacial score (nSPS) is 8.33. The van der Waals surface area contributed by atoms with Gasteiger partial charge in [0.25, 0.3) is 11.9 Å². The molecule has 0 fully saturated rings. The smallest absolute Gasteiger partial charge is 0.322 e. The van der Waals surface area contributed by atoms with Crippen LogP contribution in [-0.2, 0) is 19.2 Å². The van der Waals surface area contributed by atoms with Crippen LogP contribution in [0.2, 0.25) is 0 Å². The van der Waals surface area contributed by atoms with Crippen LogP contribution in [0.3, 0.4) is 0 Å². The minimum atomic E-state index is -1.02. The Kier molecular flexibility index (Phi) is 20.3. The summed E-state index contributed by atoms with van der Waals surface area (Å²) in [6.45, 7) is 2.51. The van der Waals surface area contributed by atoms with Crippen LogP contribution in [0.1, 0.15) is 39.5 Å². The molecule has 21 heavy (non-hydrogen) atoms. The van der Waals surface area contributed by atoms with Crippen molar-refractivity contribution in [1.82, 2.24) is 5.32 Å². The van der Waals surface area contributed by atoms with Crippen LogP contribution in [0.5, 0.6) is 0 Å². The van der Waals surface area contributed by atoms with Gasteiger partial charge in [-0.2, -0.15) is 0 Å². The molecule has 1 amide bonds. The van der Waals surface area contributed by atoms with Crippen molar-refractivity contribution in [3.8, 4) is 0 Å². The fourth-order valence-electron chi connectivity index (χ4n) is 0.869. The molecule has 0 aliphatic heterocycles. The van der Waals surface area contributed by atoms with E-state index in [0.717, 1.165) is 33.1 Å². The first kappa shape index (κ1) is 23.9. The number of hydrogen-bond donors (Lipinski definition) is 5. The highest BCUT2D eigenvalue weighted by Gasteiger charge is 2.02. The van der Waals surface area contributed by atoms with E-state index in [1.807, 2.05) is 0 Å². The van der Waals surface area contributed by atoms with Crippen molar-refractivity contribution < 1.29 is 34.5 Å². The summed E-state index contributed by atoms with van der Waals surface area (Å²) in [5, 5.41) is 25.4. The molecule has 0 aromatic rings. The quantitative estimate of drug-likeness (QED) is 0.406. The Morgan fingerprint density at radius 2 is 1.33 bits per heavy atom. The number of nitrogens with two attached hydrogens (primary N) is 1. The maximum absolute atomic E-state index is 10.9. The molecule has 0 heterocycles. The van der Waals surface area contributed by atoms with Gasteiger partial charge in [0, 0.05) is 20.3 Å². The number of rotatable bonds is 7. The Hall–Kier alpha value is -2.16. The largest absolute Gasteiger partial charge is 0.481 e. The lowest BCUT2D eigenvalue weighted by molar-refractivity contribution is -0.138. The zero-order valence-corrected chi connectivity index (χ0v) is 12.3. The molecule has 0 aliphatic carbocycles. The Labute approximate surface area is 123 Å². The van der Waals surface area contributed by atoms with E-state index in [1.165, 1.54) is 0 Å². The molecule has 0 aliphatic rings. The van der Waals surface area contributed by atoms with Crippen LogP contribution >= 0.6 is 0 Å². The molecular weight excluding hydrogens is 284 g/mol.